The van der Waals surface area contributed by atoms with Crippen molar-refractivity contribution in [3.05, 3.63) is 27.0 Å². The van der Waals surface area contributed by atoms with Gasteiger partial charge in [0.25, 0.3) is 0 Å². The molecule has 0 atom stereocenters. The molecule has 1 amide bonds. The number of halogens is 1. The minimum absolute atomic E-state index is 0.0146. The first-order valence-corrected chi connectivity index (χ1v) is 6.71. The van der Waals surface area contributed by atoms with Crippen molar-refractivity contribution in [2.45, 2.75) is 26.3 Å². The van der Waals surface area contributed by atoms with Crippen LogP contribution in [0.2, 0.25) is 0 Å². The normalized spacial score (nSPS) is 11.1. The summed E-state index contributed by atoms with van der Waals surface area (Å²) in [6.07, 6.45) is 2.62. The van der Waals surface area contributed by atoms with Crippen LogP contribution in [0.1, 0.15) is 20.8 Å². The van der Waals surface area contributed by atoms with Gasteiger partial charge in [0.1, 0.15) is 11.9 Å². The molecule has 0 bridgehead atoms. The first kappa shape index (κ1) is 16.4. The van der Waals surface area contributed by atoms with E-state index in [2.05, 4.69) is 26.2 Å². The molecule has 0 aliphatic rings. The number of likely N-dealkylation sites (N-methyl/N-ethyl adjacent to an activating group) is 1. The fourth-order valence-corrected chi connectivity index (χ4v) is 2.31. The standard InChI is InChI=1S/C12H17BrN4O3/c1-12(2,3)15-10(18)7-16(4)11-8(13)5-14-6-9(11)17(19)20/h5-6H,7H2,1-4H3,(H,15,18). The Labute approximate surface area is 125 Å². The van der Waals surface area contributed by atoms with Crippen LogP contribution in [-0.4, -0.2) is 34.9 Å². The number of nitrogens with one attached hydrogen (secondary N) is 1. The number of hydrogen-bond donors (Lipinski definition) is 1. The van der Waals surface area contributed by atoms with Gasteiger partial charge in [-0.1, -0.05) is 0 Å². The third-order valence-electron chi connectivity index (χ3n) is 2.33. The molecule has 0 radical (unpaired) electrons. The van der Waals surface area contributed by atoms with Crippen molar-refractivity contribution in [2.75, 3.05) is 18.5 Å². The maximum absolute atomic E-state index is 11.9. The first-order chi connectivity index (χ1) is 9.11. The predicted molar refractivity (Wildman–Crippen MR) is 79.8 cm³/mol. The van der Waals surface area contributed by atoms with Gasteiger partial charge < -0.3 is 10.2 Å². The third kappa shape index (κ3) is 4.44. The highest BCUT2D eigenvalue weighted by Crippen LogP contribution is 2.33. The Balaban J connectivity index is 2.96. The minimum atomic E-state index is -0.523. The average molecular weight is 345 g/mol. The van der Waals surface area contributed by atoms with E-state index in [1.165, 1.54) is 11.1 Å². The molecular formula is C12H17BrN4O3. The number of carbonyl (C=O) groups is 1. The molecular weight excluding hydrogens is 328 g/mol. The van der Waals surface area contributed by atoms with Crippen molar-refractivity contribution < 1.29 is 9.72 Å². The van der Waals surface area contributed by atoms with Crippen LogP contribution in [0.5, 0.6) is 0 Å². The van der Waals surface area contributed by atoms with Crippen molar-refractivity contribution in [1.82, 2.24) is 10.3 Å². The molecule has 0 unspecified atom stereocenters. The number of amides is 1. The van der Waals surface area contributed by atoms with Gasteiger partial charge >= 0.3 is 5.69 Å². The van der Waals surface area contributed by atoms with Crippen molar-refractivity contribution in [1.29, 1.82) is 0 Å². The number of pyridine rings is 1. The van der Waals surface area contributed by atoms with Crippen LogP contribution in [-0.2, 0) is 4.79 Å². The van der Waals surface area contributed by atoms with Gasteiger partial charge in [-0.15, -0.1) is 0 Å². The maximum atomic E-state index is 11.9. The van der Waals surface area contributed by atoms with Crippen LogP contribution in [0, 0.1) is 10.1 Å². The lowest BCUT2D eigenvalue weighted by molar-refractivity contribution is -0.384. The number of nitro groups is 1. The summed E-state index contributed by atoms with van der Waals surface area (Å²) in [5.41, 5.74) is -0.168. The SMILES string of the molecule is CN(CC(=O)NC(C)(C)C)c1c(Br)cncc1[N+](=O)[O-]. The summed E-state index contributed by atoms with van der Waals surface area (Å²) in [4.78, 5) is 27.7. The molecule has 7 nitrogen and oxygen atoms in total. The van der Waals surface area contributed by atoms with Gasteiger partial charge in [0.2, 0.25) is 5.91 Å². The summed E-state index contributed by atoms with van der Waals surface area (Å²) in [6.45, 7) is 5.63. The Morgan fingerprint density at radius 3 is 2.60 bits per heavy atom. The molecule has 1 aromatic rings. The monoisotopic (exact) mass is 344 g/mol. The van der Waals surface area contributed by atoms with Gasteiger partial charge in [-0.3, -0.25) is 19.9 Å². The molecule has 1 aromatic heterocycles. The van der Waals surface area contributed by atoms with Crippen LogP contribution in [0.4, 0.5) is 11.4 Å². The smallest absolute Gasteiger partial charge is 0.311 e. The largest absolute Gasteiger partial charge is 0.359 e. The van der Waals surface area contributed by atoms with E-state index in [-0.39, 0.29) is 23.7 Å². The lowest BCUT2D eigenvalue weighted by Crippen LogP contribution is -2.45. The Morgan fingerprint density at radius 2 is 2.10 bits per heavy atom. The van der Waals surface area contributed by atoms with Gasteiger partial charge in [-0.25, -0.2) is 0 Å². The van der Waals surface area contributed by atoms with Crippen molar-refractivity contribution in [3.8, 4) is 0 Å². The van der Waals surface area contributed by atoms with E-state index < -0.39 is 4.92 Å². The van der Waals surface area contributed by atoms with E-state index >= 15 is 0 Å². The van der Waals surface area contributed by atoms with E-state index in [9.17, 15) is 14.9 Å². The number of anilines is 1. The topological polar surface area (TPSA) is 88.4 Å². The summed E-state index contributed by atoms with van der Waals surface area (Å²) < 4.78 is 0.470. The van der Waals surface area contributed by atoms with Gasteiger partial charge in [0.05, 0.1) is 15.9 Å². The third-order valence-corrected chi connectivity index (χ3v) is 2.91. The Hall–Kier alpha value is -1.70. The lowest BCUT2D eigenvalue weighted by atomic mass is 10.1. The zero-order chi connectivity index (χ0) is 15.5. The van der Waals surface area contributed by atoms with Gasteiger partial charge in [-0.05, 0) is 36.7 Å². The quantitative estimate of drug-likeness (QED) is 0.667. The zero-order valence-corrected chi connectivity index (χ0v) is 13.4. The zero-order valence-electron chi connectivity index (χ0n) is 11.8. The van der Waals surface area contributed by atoms with E-state index in [0.717, 1.165) is 6.20 Å². The van der Waals surface area contributed by atoms with Crippen LogP contribution < -0.4 is 10.2 Å². The first-order valence-electron chi connectivity index (χ1n) is 5.92. The Morgan fingerprint density at radius 1 is 1.50 bits per heavy atom. The van der Waals surface area contributed by atoms with Crippen LogP contribution >= 0.6 is 15.9 Å². The number of nitrogens with zero attached hydrogens (tertiary/aromatic N) is 3. The van der Waals surface area contributed by atoms with Crippen molar-refractivity contribution in [3.63, 3.8) is 0 Å². The highest BCUT2D eigenvalue weighted by Gasteiger charge is 2.23. The number of aromatic nitrogens is 1. The number of rotatable bonds is 4. The maximum Gasteiger partial charge on any atom is 0.311 e. The molecule has 1 heterocycles. The van der Waals surface area contributed by atoms with Gasteiger partial charge in [-0.2, -0.15) is 0 Å². The van der Waals surface area contributed by atoms with E-state index in [1.807, 2.05) is 20.8 Å². The molecule has 0 aliphatic heterocycles. The highest BCUT2D eigenvalue weighted by molar-refractivity contribution is 9.10. The lowest BCUT2D eigenvalue weighted by Gasteiger charge is -2.24. The molecule has 0 spiro atoms. The van der Waals surface area contributed by atoms with Crippen LogP contribution in [0.3, 0.4) is 0 Å². The summed E-state index contributed by atoms with van der Waals surface area (Å²) in [5, 5.41) is 13.8. The second-order valence-corrected chi connectivity index (χ2v) is 6.25. The highest BCUT2D eigenvalue weighted by atomic mass is 79.9. The molecule has 0 saturated carbocycles. The average Bonchev–Trinajstić information content (AvgIpc) is 2.25. The second kappa shape index (κ2) is 6.17. The summed E-state index contributed by atoms with van der Waals surface area (Å²) in [6, 6.07) is 0. The molecule has 1 N–H and O–H groups in total. The number of carbonyl (C=O) groups excluding carboxylic acids is 1. The molecule has 0 aromatic carbocycles. The Bertz CT molecular complexity index is 528. The van der Waals surface area contributed by atoms with Gasteiger partial charge in [0.15, 0.2) is 0 Å². The number of hydrogen-bond acceptors (Lipinski definition) is 5. The van der Waals surface area contributed by atoms with E-state index in [0.29, 0.717) is 10.2 Å². The Kier molecular flexibility index (Phi) is 5.04. The summed E-state index contributed by atoms with van der Waals surface area (Å²) >= 11 is 3.23. The molecule has 8 heteroatoms. The molecule has 0 fully saturated rings. The van der Waals surface area contributed by atoms with Crippen LogP contribution in [0.15, 0.2) is 16.9 Å². The minimum Gasteiger partial charge on any atom is -0.359 e. The van der Waals surface area contributed by atoms with Crippen LogP contribution in [0.25, 0.3) is 0 Å². The fourth-order valence-electron chi connectivity index (χ4n) is 1.68. The summed E-state index contributed by atoms with van der Waals surface area (Å²) in [5.74, 6) is -0.210. The molecule has 110 valence electrons. The molecule has 0 aliphatic carbocycles. The molecule has 20 heavy (non-hydrogen) atoms. The molecule has 1 rings (SSSR count). The van der Waals surface area contributed by atoms with Crippen molar-refractivity contribution in [2.24, 2.45) is 0 Å². The van der Waals surface area contributed by atoms with Crippen molar-refractivity contribution >= 4 is 33.2 Å². The summed E-state index contributed by atoms with van der Waals surface area (Å²) in [7, 11) is 1.62. The fraction of sp³-hybridized carbons (Fsp3) is 0.500. The van der Waals surface area contributed by atoms with Gasteiger partial charge in [0, 0.05) is 18.8 Å². The second-order valence-electron chi connectivity index (χ2n) is 5.40. The predicted octanol–water partition coefficient (Wildman–Crippen LogP) is 2.10. The van der Waals surface area contributed by atoms with E-state index in [1.54, 1.807) is 7.05 Å². The van der Waals surface area contributed by atoms with E-state index in [4.69, 9.17) is 0 Å². The molecule has 0 saturated heterocycles.